The lowest BCUT2D eigenvalue weighted by molar-refractivity contribution is 0.435. The minimum atomic E-state index is 0.0848. The van der Waals surface area contributed by atoms with Gasteiger partial charge in [0, 0.05) is 25.3 Å². The normalized spacial score (nSPS) is 22.1. The van der Waals surface area contributed by atoms with Crippen LogP contribution in [0.25, 0.3) is 0 Å². The monoisotopic (exact) mass is 261 g/mol. The van der Waals surface area contributed by atoms with E-state index in [9.17, 15) is 0 Å². The van der Waals surface area contributed by atoms with Crippen molar-refractivity contribution in [1.82, 2.24) is 4.98 Å². The van der Waals surface area contributed by atoms with Crippen LogP contribution in [0.5, 0.6) is 0 Å². The molecule has 1 aromatic heterocycles. The SMILES string of the molecule is CCCC1CCCN(c2cc([C@H](C)N)ccn2)CC1. The van der Waals surface area contributed by atoms with Crippen molar-refractivity contribution >= 4 is 5.82 Å². The molecule has 0 amide bonds. The van der Waals surface area contributed by atoms with Crippen LogP contribution >= 0.6 is 0 Å². The zero-order chi connectivity index (χ0) is 13.7. The Morgan fingerprint density at radius 1 is 1.42 bits per heavy atom. The minimum Gasteiger partial charge on any atom is -0.357 e. The number of nitrogens with zero attached hydrogens (tertiary/aromatic N) is 2. The maximum Gasteiger partial charge on any atom is 0.128 e. The second-order valence-electron chi connectivity index (χ2n) is 5.81. The molecule has 2 rings (SSSR count). The van der Waals surface area contributed by atoms with Crippen LogP contribution in [-0.4, -0.2) is 18.1 Å². The predicted octanol–water partition coefficient (Wildman–Crippen LogP) is 3.51. The first-order chi connectivity index (χ1) is 9.20. The largest absolute Gasteiger partial charge is 0.357 e. The summed E-state index contributed by atoms with van der Waals surface area (Å²) in [6, 6.07) is 4.26. The van der Waals surface area contributed by atoms with Gasteiger partial charge in [-0.15, -0.1) is 0 Å². The van der Waals surface area contributed by atoms with Crippen LogP contribution in [0.3, 0.4) is 0 Å². The van der Waals surface area contributed by atoms with Crippen molar-refractivity contribution in [2.45, 2.75) is 52.0 Å². The number of pyridine rings is 1. The van der Waals surface area contributed by atoms with Gasteiger partial charge in [-0.05, 0) is 49.8 Å². The number of hydrogen-bond donors (Lipinski definition) is 1. The molecule has 1 saturated heterocycles. The van der Waals surface area contributed by atoms with E-state index in [4.69, 9.17) is 5.73 Å². The van der Waals surface area contributed by atoms with Crippen LogP contribution in [0, 0.1) is 5.92 Å². The molecule has 1 aromatic rings. The van der Waals surface area contributed by atoms with E-state index in [1.165, 1.54) is 37.7 Å². The zero-order valence-corrected chi connectivity index (χ0v) is 12.3. The van der Waals surface area contributed by atoms with Crippen LogP contribution in [0.1, 0.15) is 57.6 Å². The lowest BCUT2D eigenvalue weighted by Gasteiger charge is -2.22. The quantitative estimate of drug-likeness (QED) is 0.902. The molecule has 19 heavy (non-hydrogen) atoms. The molecular weight excluding hydrogens is 234 g/mol. The Bertz CT molecular complexity index is 389. The Morgan fingerprint density at radius 3 is 3.00 bits per heavy atom. The summed E-state index contributed by atoms with van der Waals surface area (Å²) in [6.07, 6.45) is 8.54. The Hall–Kier alpha value is -1.09. The average Bonchev–Trinajstić information content (AvgIpc) is 2.65. The highest BCUT2D eigenvalue weighted by Crippen LogP contribution is 2.25. The molecule has 0 aromatic carbocycles. The Kier molecular flexibility index (Phi) is 5.20. The summed E-state index contributed by atoms with van der Waals surface area (Å²) >= 11 is 0. The number of anilines is 1. The van der Waals surface area contributed by atoms with Gasteiger partial charge in [0.2, 0.25) is 0 Å². The maximum absolute atomic E-state index is 5.96. The van der Waals surface area contributed by atoms with Crippen molar-refractivity contribution in [1.29, 1.82) is 0 Å². The van der Waals surface area contributed by atoms with Gasteiger partial charge in [-0.3, -0.25) is 0 Å². The summed E-state index contributed by atoms with van der Waals surface area (Å²) in [7, 11) is 0. The Balaban J connectivity index is 2.03. The van der Waals surface area contributed by atoms with Gasteiger partial charge in [-0.25, -0.2) is 4.98 Å². The number of aromatic nitrogens is 1. The molecule has 3 nitrogen and oxygen atoms in total. The van der Waals surface area contributed by atoms with E-state index in [1.54, 1.807) is 0 Å². The highest BCUT2D eigenvalue weighted by atomic mass is 15.2. The van der Waals surface area contributed by atoms with Crippen LogP contribution in [0.2, 0.25) is 0 Å². The van der Waals surface area contributed by atoms with Gasteiger partial charge < -0.3 is 10.6 Å². The molecule has 0 saturated carbocycles. The van der Waals surface area contributed by atoms with Crippen molar-refractivity contribution in [3.8, 4) is 0 Å². The van der Waals surface area contributed by atoms with Gasteiger partial charge in [0.1, 0.15) is 5.82 Å². The van der Waals surface area contributed by atoms with E-state index in [0.29, 0.717) is 0 Å². The third-order valence-corrected chi connectivity index (χ3v) is 4.16. The first kappa shape index (κ1) is 14.3. The van der Waals surface area contributed by atoms with Crippen molar-refractivity contribution in [2.24, 2.45) is 11.7 Å². The summed E-state index contributed by atoms with van der Waals surface area (Å²) in [4.78, 5) is 6.96. The van der Waals surface area contributed by atoms with Crippen LogP contribution in [-0.2, 0) is 0 Å². The van der Waals surface area contributed by atoms with Gasteiger partial charge in [-0.2, -0.15) is 0 Å². The number of hydrogen-bond acceptors (Lipinski definition) is 3. The van der Waals surface area contributed by atoms with Crippen molar-refractivity contribution < 1.29 is 0 Å². The molecule has 2 heterocycles. The molecular formula is C16H27N3. The van der Waals surface area contributed by atoms with E-state index in [2.05, 4.69) is 22.9 Å². The molecule has 1 aliphatic heterocycles. The fraction of sp³-hybridized carbons (Fsp3) is 0.688. The first-order valence-electron chi connectivity index (χ1n) is 7.67. The van der Waals surface area contributed by atoms with E-state index in [0.717, 1.165) is 24.8 Å². The smallest absolute Gasteiger partial charge is 0.128 e. The standard InChI is InChI=1S/C16H27N3/c1-3-5-14-6-4-10-19(11-8-14)16-12-15(13(2)17)7-9-18-16/h7,9,12-14H,3-6,8,10-11,17H2,1-2H3/t13-,14?/m0/s1. The molecule has 1 aliphatic rings. The fourth-order valence-corrected chi connectivity index (χ4v) is 2.98. The molecule has 3 heteroatoms. The van der Waals surface area contributed by atoms with Gasteiger partial charge in [0.15, 0.2) is 0 Å². The Morgan fingerprint density at radius 2 is 2.26 bits per heavy atom. The lowest BCUT2D eigenvalue weighted by atomic mass is 9.96. The van der Waals surface area contributed by atoms with Crippen LogP contribution in [0.15, 0.2) is 18.3 Å². The molecule has 2 N–H and O–H groups in total. The van der Waals surface area contributed by atoms with E-state index >= 15 is 0 Å². The molecule has 0 bridgehead atoms. The van der Waals surface area contributed by atoms with Crippen LogP contribution < -0.4 is 10.6 Å². The Labute approximate surface area is 117 Å². The fourth-order valence-electron chi connectivity index (χ4n) is 2.98. The summed E-state index contributed by atoms with van der Waals surface area (Å²) in [6.45, 7) is 6.59. The number of nitrogens with two attached hydrogens (primary N) is 1. The maximum atomic E-state index is 5.96. The van der Waals surface area contributed by atoms with Gasteiger partial charge >= 0.3 is 0 Å². The van der Waals surface area contributed by atoms with Crippen molar-refractivity contribution in [2.75, 3.05) is 18.0 Å². The third-order valence-electron chi connectivity index (χ3n) is 4.16. The van der Waals surface area contributed by atoms with Crippen molar-refractivity contribution in [3.63, 3.8) is 0 Å². The average molecular weight is 261 g/mol. The van der Waals surface area contributed by atoms with Crippen LogP contribution in [0.4, 0.5) is 5.82 Å². The van der Waals surface area contributed by atoms with Crippen molar-refractivity contribution in [3.05, 3.63) is 23.9 Å². The molecule has 1 fully saturated rings. The molecule has 1 unspecified atom stereocenters. The second-order valence-corrected chi connectivity index (χ2v) is 5.81. The minimum absolute atomic E-state index is 0.0848. The topological polar surface area (TPSA) is 42.1 Å². The molecule has 2 atom stereocenters. The number of rotatable bonds is 4. The van der Waals surface area contributed by atoms with E-state index in [-0.39, 0.29) is 6.04 Å². The summed E-state index contributed by atoms with van der Waals surface area (Å²) in [5, 5.41) is 0. The summed E-state index contributed by atoms with van der Waals surface area (Å²) < 4.78 is 0. The zero-order valence-electron chi connectivity index (χ0n) is 12.3. The van der Waals surface area contributed by atoms with Gasteiger partial charge in [0.25, 0.3) is 0 Å². The van der Waals surface area contributed by atoms with Gasteiger partial charge in [-0.1, -0.05) is 19.8 Å². The third kappa shape index (κ3) is 3.93. The molecule has 0 aliphatic carbocycles. The highest BCUT2D eigenvalue weighted by Gasteiger charge is 2.17. The predicted molar refractivity (Wildman–Crippen MR) is 81.3 cm³/mol. The summed E-state index contributed by atoms with van der Waals surface area (Å²) in [5.41, 5.74) is 7.14. The van der Waals surface area contributed by atoms with E-state index in [1.807, 2.05) is 19.2 Å². The highest BCUT2D eigenvalue weighted by molar-refractivity contribution is 5.41. The van der Waals surface area contributed by atoms with E-state index < -0.39 is 0 Å². The molecule has 0 spiro atoms. The van der Waals surface area contributed by atoms with Gasteiger partial charge in [0.05, 0.1) is 0 Å². The second kappa shape index (κ2) is 6.90. The molecule has 0 radical (unpaired) electrons. The first-order valence-corrected chi connectivity index (χ1v) is 7.67. The summed E-state index contributed by atoms with van der Waals surface area (Å²) in [5.74, 6) is 2.01. The molecule has 106 valence electrons. The lowest BCUT2D eigenvalue weighted by Crippen LogP contribution is -2.25.